The van der Waals surface area contributed by atoms with Gasteiger partial charge in [0.2, 0.25) is 0 Å². The molecule has 0 unspecified atom stereocenters. The number of amides is 1. The largest absolute Gasteiger partial charge is 0.397 e. The molecule has 0 bridgehead atoms. The van der Waals surface area contributed by atoms with Crippen molar-refractivity contribution in [3.63, 3.8) is 0 Å². The maximum atomic E-state index is 11.7. The number of halogens is 1. The molecule has 1 amide bonds. The SMILES string of the molecule is CN(C)C(=O)c1ccn(-c2ccc(I)cc2N)n1. The van der Waals surface area contributed by atoms with E-state index >= 15 is 0 Å². The lowest BCUT2D eigenvalue weighted by Gasteiger charge is -2.08. The predicted octanol–water partition coefficient (Wildman–Crippen LogP) is 1.76. The second-order valence-electron chi connectivity index (χ2n) is 4.05. The summed E-state index contributed by atoms with van der Waals surface area (Å²) in [5, 5.41) is 4.24. The maximum absolute atomic E-state index is 11.7. The summed E-state index contributed by atoms with van der Waals surface area (Å²) >= 11 is 2.20. The van der Waals surface area contributed by atoms with Gasteiger partial charge in [0.05, 0.1) is 11.4 Å². The van der Waals surface area contributed by atoms with Gasteiger partial charge in [-0.2, -0.15) is 5.10 Å². The molecule has 0 saturated heterocycles. The average molecular weight is 356 g/mol. The molecule has 5 nitrogen and oxygen atoms in total. The third-order valence-electron chi connectivity index (χ3n) is 2.45. The number of aromatic nitrogens is 2. The van der Waals surface area contributed by atoms with Crippen LogP contribution in [0, 0.1) is 3.57 Å². The van der Waals surface area contributed by atoms with Gasteiger partial charge in [-0.3, -0.25) is 4.79 Å². The van der Waals surface area contributed by atoms with Crippen LogP contribution >= 0.6 is 22.6 Å². The molecular formula is C12H13IN4O. The van der Waals surface area contributed by atoms with Crippen molar-refractivity contribution in [1.29, 1.82) is 0 Å². The minimum Gasteiger partial charge on any atom is -0.397 e. The molecule has 1 aromatic carbocycles. The molecule has 18 heavy (non-hydrogen) atoms. The van der Waals surface area contributed by atoms with E-state index in [-0.39, 0.29) is 5.91 Å². The van der Waals surface area contributed by atoms with E-state index in [1.807, 2.05) is 18.2 Å². The van der Waals surface area contributed by atoms with Crippen LogP contribution in [0.15, 0.2) is 30.5 Å². The molecule has 0 aliphatic rings. The highest BCUT2D eigenvalue weighted by molar-refractivity contribution is 14.1. The Bertz CT molecular complexity index is 592. The second kappa shape index (κ2) is 4.97. The fourth-order valence-electron chi connectivity index (χ4n) is 1.54. The first-order chi connectivity index (χ1) is 8.49. The summed E-state index contributed by atoms with van der Waals surface area (Å²) < 4.78 is 2.67. The number of nitrogens with two attached hydrogens (primary N) is 1. The van der Waals surface area contributed by atoms with E-state index < -0.39 is 0 Å². The molecule has 2 aromatic rings. The molecule has 0 aliphatic heterocycles. The average Bonchev–Trinajstić information content (AvgIpc) is 2.77. The number of anilines is 1. The number of carbonyl (C=O) groups is 1. The van der Waals surface area contributed by atoms with Crippen LogP contribution in [0.3, 0.4) is 0 Å². The fraction of sp³-hybridized carbons (Fsp3) is 0.167. The number of nitrogens with zero attached hydrogens (tertiary/aromatic N) is 3. The van der Waals surface area contributed by atoms with Crippen LogP contribution in [0.5, 0.6) is 0 Å². The van der Waals surface area contributed by atoms with Gasteiger partial charge in [0.25, 0.3) is 5.91 Å². The van der Waals surface area contributed by atoms with Gasteiger partial charge in [-0.1, -0.05) is 0 Å². The van der Waals surface area contributed by atoms with E-state index in [9.17, 15) is 4.79 Å². The summed E-state index contributed by atoms with van der Waals surface area (Å²) in [6.07, 6.45) is 1.73. The molecule has 1 heterocycles. The minimum atomic E-state index is -0.127. The molecule has 0 radical (unpaired) electrons. The maximum Gasteiger partial charge on any atom is 0.273 e. The van der Waals surface area contributed by atoms with Crippen molar-refractivity contribution in [3.05, 3.63) is 39.7 Å². The number of benzene rings is 1. The molecule has 0 aliphatic carbocycles. The van der Waals surface area contributed by atoms with E-state index in [4.69, 9.17) is 5.73 Å². The molecule has 1 aromatic heterocycles. The molecule has 2 rings (SSSR count). The van der Waals surface area contributed by atoms with E-state index in [1.165, 1.54) is 4.90 Å². The molecule has 6 heteroatoms. The Morgan fingerprint density at radius 3 is 2.72 bits per heavy atom. The first-order valence-electron chi connectivity index (χ1n) is 5.32. The van der Waals surface area contributed by atoms with Gasteiger partial charge in [0.15, 0.2) is 5.69 Å². The number of hydrogen-bond donors (Lipinski definition) is 1. The van der Waals surface area contributed by atoms with Crippen molar-refractivity contribution < 1.29 is 4.79 Å². The quantitative estimate of drug-likeness (QED) is 0.659. The molecule has 0 atom stereocenters. The van der Waals surface area contributed by atoms with Crippen molar-refractivity contribution in [2.45, 2.75) is 0 Å². The van der Waals surface area contributed by atoms with Gasteiger partial charge in [-0.05, 0) is 46.9 Å². The van der Waals surface area contributed by atoms with Crippen molar-refractivity contribution >= 4 is 34.2 Å². The number of nitrogen functional groups attached to an aromatic ring is 1. The minimum absolute atomic E-state index is 0.127. The predicted molar refractivity (Wildman–Crippen MR) is 78.7 cm³/mol. The summed E-state index contributed by atoms with van der Waals surface area (Å²) in [4.78, 5) is 13.2. The first kappa shape index (κ1) is 12.9. The Balaban J connectivity index is 2.38. The normalized spacial score (nSPS) is 10.4. The van der Waals surface area contributed by atoms with Gasteiger partial charge >= 0.3 is 0 Å². The summed E-state index contributed by atoms with van der Waals surface area (Å²) in [6.45, 7) is 0. The molecule has 0 saturated carbocycles. The summed E-state index contributed by atoms with van der Waals surface area (Å²) in [6, 6.07) is 7.38. The van der Waals surface area contributed by atoms with Crippen LogP contribution in [-0.4, -0.2) is 34.7 Å². The van der Waals surface area contributed by atoms with Crippen LogP contribution in [0.25, 0.3) is 5.69 Å². The van der Waals surface area contributed by atoms with Gasteiger partial charge in [-0.15, -0.1) is 0 Å². The Kier molecular flexibility index (Phi) is 3.55. The third-order valence-corrected chi connectivity index (χ3v) is 3.12. The van der Waals surface area contributed by atoms with Crippen molar-refractivity contribution in [1.82, 2.24) is 14.7 Å². The highest BCUT2D eigenvalue weighted by Gasteiger charge is 2.12. The zero-order valence-corrected chi connectivity index (χ0v) is 12.2. The number of hydrogen-bond acceptors (Lipinski definition) is 3. The highest BCUT2D eigenvalue weighted by Crippen LogP contribution is 2.19. The van der Waals surface area contributed by atoms with Crippen LogP contribution in [0.2, 0.25) is 0 Å². The van der Waals surface area contributed by atoms with Gasteiger partial charge in [0, 0.05) is 23.9 Å². The highest BCUT2D eigenvalue weighted by atomic mass is 127. The molecule has 0 spiro atoms. The summed E-state index contributed by atoms with van der Waals surface area (Å²) in [5.74, 6) is -0.127. The first-order valence-corrected chi connectivity index (χ1v) is 6.39. The van der Waals surface area contributed by atoms with Crippen LogP contribution < -0.4 is 5.73 Å². The molecule has 0 fully saturated rings. The monoisotopic (exact) mass is 356 g/mol. The topological polar surface area (TPSA) is 64.2 Å². The molecule has 2 N–H and O–H groups in total. The lowest BCUT2D eigenvalue weighted by atomic mass is 10.3. The van der Waals surface area contributed by atoms with Gasteiger partial charge in [0.1, 0.15) is 0 Å². The van der Waals surface area contributed by atoms with Crippen LogP contribution in [0.4, 0.5) is 5.69 Å². The Morgan fingerprint density at radius 2 is 2.11 bits per heavy atom. The van der Waals surface area contributed by atoms with Gasteiger partial charge < -0.3 is 10.6 Å². The standard InChI is InChI=1S/C12H13IN4O/c1-16(2)12(18)10-5-6-17(15-10)11-4-3-8(13)7-9(11)14/h3-7H,14H2,1-2H3. The summed E-state index contributed by atoms with van der Waals surface area (Å²) in [7, 11) is 3.39. The van der Waals surface area contributed by atoms with E-state index in [2.05, 4.69) is 27.7 Å². The zero-order valence-electron chi connectivity index (χ0n) is 10.1. The van der Waals surface area contributed by atoms with E-state index in [1.54, 1.807) is 31.0 Å². The number of carbonyl (C=O) groups excluding carboxylic acids is 1. The summed E-state index contributed by atoms with van der Waals surface area (Å²) in [5.41, 5.74) is 7.74. The van der Waals surface area contributed by atoms with Crippen molar-refractivity contribution in [3.8, 4) is 5.69 Å². The Hall–Kier alpha value is -1.57. The molecular weight excluding hydrogens is 343 g/mol. The lowest BCUT2D eigenvalue weighted by molar-refractivity contribution is 0.0821. The van der Waals surface area contributed by atoms with Crippen LogP contribution in [0.1, 0.15) is 10.5 Å². The smallest absolute Gasteiger partial charge is 0.273 e. The van der Waals surface area contributed by atoms with E-state index in [0.717, 1.165) is 9.26 Å². The van der Waals surface area contributed by atoms with Crippen molar-refractivity contribution in [2.24, 2.45) is 0 Å². The lowest BCUT2D eigenvalue weighted by Crippen LogP contribution is -2.22. The van der Waals surface area contributed by atoms with E-state index in [0.29, 0.717) is 11.4 Å². The van der Waals surface area contributed by atoms with Gasteiger partial charge in [-0.25, -0.2) is 4.68 Å². The second-order valence-corrected chi connectivity index (χ2v) is 5.29. The molecule has 94 valence electrons. The third kappa shape index (κ3) is 2.47. The zero-order chi connectivity index (χ0) is 13.3. The fourth-order valence-corrected chi connectivity index (χ4v) is 2.05. The Morgan fingerprint density at radius 1 is 1.39 bits per heavy atom. The number of rotatable bonds is 2. The van der Waals surface area contributed by atoms with Crippen LogP contribution in [-0.2, 0) is 0 Å². The Labute approximate surface area is 119 Å². The van der Waals surface area contributed by atoms with Crippen molar-refractivity contribution in [2.75, 3.05) is 19.8 Å².